The fourth-order valence-electron chi connectivity index (χ4n) is 2.15. The van der Waals surface area contributed by atoms with Gasteiger partial charge in [-0.1, -0.05) is 17.7 Å². The molecule has 0 aliphatic carbocycles. The average molecular weight is 271 g/mol. The summed E-state index contributed by atoms with van der Waals surface area (Å²) in [5.74, 6) is -0.898. The van der Waals surface area contributed by atoms with Gasteiger partial charge < -0.3 is 10.2 Å². The van der Waals surface area contributed by atoms with E-state index in [2.05, 4.69) is 5.32 Å². The zero-order chi connectivity index (χ0) is 13.3. The fourth-order valence-corrected chi connectivity index (χ4v) is 2.39. The Labute approximate surface area is 111 Å². The second-order valence-corrected chi connectivity index (χ2v) is 5.12. The number of hydrogen-bond donors (Lipinski definition) is 1. The smallest absolute Gasteiger partial charge is 0.258 e. The van der Waals surface area contributed by atoms with Gasteiger partial charge in [0.1, 0.15) is 5.82 Å². The van der Waals surface area contributed by atoms with Crippen LogP contribution in [0.5, 0.6) is 0 Å². The van der Waals surface area contributed by atoms with Crippen molar-refractivity contribution < 1.29 is 9.18 Å². The molecule has 1 N–H and O–H groups in total. The first-order valence-electron chi connectivity index (χ1n) is 5.99. The topological polar surface area (TPSA) is 32.3 Å². The predicted octanol–water partition coefficient (Wildman–Crippen LogP) is 2.30. The highest BCUT2D eigenvalue weighted by Crippen LogP contribution is 2.22. The van der Waals surface area contributed by atoms with Gasteiger partial charge in [0, 0.05) is 25.2 Å². The molecule has 1 saturated heterocycles. The second kappa shape index (κ2) is 5.24. The van der Waals surface area contributed by atoms with Crippen LogP contribution in [0.1, 0.15) is 24.2 Å². The molecule has 98 valence electrons. The molecule has 1 aromatic rings. The van der Waals surface area contributed by atoms with Gasteiger partial charge in [-0.15, -0.1) is 0 Å². The predicted molar refractivity (Wildman–Crippen MR) is 69.4 cm³/mol. The summed E-state index contributed by atoms with van der Waals surface area (Å²) in [6, 6.07) is 4.53. The van der Waals surface area contributed by atoms with E-state index in [-0.39, 0.29) is 28.6 Å². The molecule has 2 rings (SSSR count). The second-order valence-electron chi connectivity index (χ2n) is 4.71. The molecule has 1 aliphatic rings. The molecule has 1 aliphatic heterocycles. The van der Waals surface area contributed by atoms with Crippen molar-refractivity contribution in [2.45, 2.75) is 25.9 Å². The van der Waals surface area contributed by atoms with Gasteiger partial charge in [0.05, 0.1) is 10.6 Å². The minimum absolute atomic E-state index is 0.0277. The van der Waals surface area contributed by atoms with Crippen LogP contribution in [0, 0.1) is 5.82 Å². The summed E-state index contributed by atoms with van der Waals surface area (Å²) in [5, 5.41) is 3.44. The van der Waals surface area contributed by atoms with Crippen molar-refractivity contribution in [3.05, 3.63) is 34.6 Å². The summed E-state index contributed by atoms with van der Waals surface area (Å²) in [5.41, 5.74) is -0.0277. The number of nitrogens with one attached hydrogen (secondary N) is 1. The summed E-state index contributed by atoms with van der Waals surface area (Å²) in [4.78, 5) is 14.0. The van der Waals surface area contributed by atoms with Crippen molar-refractivity contribution in [2.24, 2.45) is 0 Å². The van der Waals surface area contributed by atoms with E-state index in [1.165, 1.54) is 18.2 Å². The van der Waals surface area contributed by atoms with E-state index >= 15 is 0 Å². The van der Waals surface area contributed by atoms with E-state index < -0.39 is 5.82 Å². The summed E-state index contributed by atoms with van der Waals surface area (Å²) >= 11 is 5.92. The van der Waals surface area contributed by atoms with E-state index in [0.29, 0.717) is 13.1 Å². The molecule has 0 spiro atoms. The molecule has 0 saturated carbocycles. The minimum Gasteiger partial charge on any atom is -0.333 e. The van der Waals surface area contributed by atoms with Crippen molar-refractivity contribution >= 4 is 17.5 Å². The molecule has 1 amide bonds. The summed E-state index contributed by atoms with van der Waals surface area (Å²) in [6.45, 7) is 5.20. The van der Waals surface area contributed by atoms with Crippen LogP contribution in [0.3, 0.4) is 0 Å². The molecule has 0 aromatic heterocycles. The first-order valence-corrected chi connectivity index (χ1v) is 6.37. The van der Waals surface area contributed by atoms with E-state index in [1.807, 2.05) is 13.8 Å². The lowest BCUT2D eigenvalue weighted by molar-refractivity contribution is 0.0612. The normalized spacial score (nSPS) is 24.1. The number of nitrogens with zero attached hydrogens (tertiary/aromatic N) is 1. The standard InChI is InChI=1S/C13H16ClFN2O/c1-8-7-17(9(2)6-16-8)13(18)12-10(14)4-3-5-11(12)15/h3-5,8-9,16H,6-7H2,1-2H3. The zero-order valence-electron chi connectivity index (χ0n) is 10.4. The Morgan fingerprint density at radius 1 is 1.50 bits per heavy atom. The van der Waals surface area contributed by atoms with E-state index in [4.69, 9.17) is 11.6 Å². The lowest BCUT2D eigenvalue weighted by Gasteiger charge is -2.37. The SMILES string of the molecule is CC1CN(C(=O)c2c(F)cccc2Cl)C(C)CN1. The molecule has 1 fully saturated rings. The van der Waals surface area contributed by atoms with Crippen molar-refractivity contribution in [1.82, 2.24) is 10.2 Å². The van der Waals surface area contributed by atoms with Crippen LogP contribution in [0.15, 0.2) is 18.2 Å². The van der Waals surface area contributed by atoms with Crippen LogP contribution in [-0.2, 0) is 0 Å². The highest BCUT2D eigenvalue weighted by molar-refractivity contribution is 6.33. The molecule has 2 atom stereocenters. The van der Waals surface area contributed by atoms with Crippen LogP contribution in [-0.4, -0.2) is 36.0 Å². The van der Waals surface area contributed by atoms with Gasteiger partial charge in [-0.05, 0) is 26.0 Å². The van der Waals surface area contributed by atoms with E-state index in [9.17, 15) is 9.18 Å². The van der Waals surface area contributed by atoms with Crippen LogP contribution in [0.2, 0.25) is 5.02 Å². The number of benzene rings is 1. The molecule has 1 heterocycles. The summed E-state index contributed by atoms with van der Waals surface area (Å²) in [7, 11) is 0. The lowest BCUT2D eigenvalue weighted by atomic mass is 10.1. The monoisotopic (exact) mass is 270 g/mol. The third-order valence-electron chi connectivity index (χ3n) is 3.20. The maximum Gasteiger partial charge on any atom is 0.258 e. The molecule has 2 unspecified atom stereocenters. The third-order valence-corrected chi connectivity index (χ3v) is 3.52. The number of amides is 1. The molecule has 18 heavy (non-hydrogen) atoms. The molecular weight excluding hydrogens is 255 g/mol. The Balaban J connectivity index is 2.30. The van der Waals surface area contributed by atoms with E-state index in [0.717, 1.165) is 0 Å². The van der Waals surface area contributed by atoms with Crippen LogP contribution >= 0.6 is 11.6 Å². The molecule has 3 nitrogen and oxygen atoms in total. The van der Waals surface area contributed by atoms with Crippen molar-refractivity contribution in [3.63, 3.8) is 0 Å². The largest absolute Gasteiger partial charge is 0.333 e. The van der Waals surface area contributed by atoms with Gasteiger partial charge in [0.25, 0.3) is 5.91 Å². The highest BCUT2D eigenvalue weighted by atomic mass is 35.5. The van der Waals surface area contributed by atoms with Gasteiger partial charge in [-0.2, -0.15) is 0 Å². The number of carbonyl (C=O) groups excluding carboxylic acids is 1. The van der Waals surface area contributed by atoms with Gasteiger partial charge in [-0.3, -0.25) is 4.79 Å². The van der Waals surface area contributed by atoms with E-state index in [1.54, 1.807) is 4.90 Å². The van der Waals surface area contributed by atoms with Gasteiger partial charge in [0.15, 0.2) is 0 Å². The Morgan fingerprint density at radius 2 is 2.22 bits per heavy atom. The molecule has 1 aromatic carbocycles. The Kier molecular flexibility index (Phi) is 3.88. The van der Waals surface area contributed by atoms with Crippen molar-refractivity contribution in [2.75, 3.05) is 13.1 Å². The van der Waals surface area contributed by atoms with Gasteiger partial charge in [0.2, 0.25) is 0 Å². The number of piperazine rings is 1. The lowest BCUT2D eigenvalue weighted by Crippen LogP contribution is -2.56. The Hall–Kier alpha value is -1.13. The highest BCUT2D eigenvalue weighted by Gasteiger charge is 2.29. The Bertz CT molecular complexity index is 446. The van der Waals surface area contributed by atoms with Crippen molar-refractivity contribution in [1.29, 1.82) is 0 Å². The fraction of sp³-hybridized carbons (Fsp3) is 0.462. The zero-order valence-corrected chi connectivity index (χ0v) is 11.2. The molecule has 5 heteroatoms. The molecule has 0 radical (unpaired) electrons. The summed E-state index contributed by atoms with van der Waals surface area (Å²) < 4.78 is 13.7. The maximum atomic E-state index is 13.7. The van der Waals surface area contributed by atoms with Crippen LogP contribution in [0.4, 0.5) is 4.39 Å². The maximum absolute atomic E-state index is 13.7. The third kappa shape index (κ3) is 2.49. The van der Waals surface area contributed by atoms with Gasteiger partial charge >= 0.3 is 0 Å². The quantitative estimate of drug-likeness (QED) is 0.849. The first kappa shape index (κ1) is 13.3. The number of rotatable bonds is 1. The van der Waals surface area contributed by atoms with Crippen LogP contribution in [0.25, 0.3) is 0 Å². The summed E-state index contributed by atoms with van der Waals surface area (Å²) in [6.07, 6.45) is 0. The number of halogens is 2. The van der Waals surface area contributed by atoms with Crippen molar-refractivity contribution in [3.8, 4) is 0 Å². The first-order chi connectivity index (χ1) is 8.50. The number of carbonyl (C=O) groups is 1. The average Bonchev–Trinajstić information content (AvgIpc) is 2.32. The molecular formula is C13H16ClFN2O. The van der Waals surface area contributed by atoms with Gasteiger partial charge in [-0.25, -0.2) is 4.39 Å². The minimum atomic E-state index is -0.564. The van der Waals surface area contributed by atoms with Crippen LogP contribution < -0.4 is 5.32 Å². The number of hydrogen-bond acceptors (Lipinski definition) is 2. The molecule has 0 bridgehead atoms. The Morgan fingerprint density at radius 3 is 2.89 bits per heavy atom.